The van der Waals surface area contributed by atoms with E-state index in [0.717, 1.165) is 33.3 Å². The molecule has 4 aromatic rings. The number of rotatable bonds is 5. The molecule has 0 N–H and O–H groups in total. The summed E-state index contributed by atoms with van der Waals surface area (Å²) in [5.41, 5.74) is 5.17. The summed E-state index contributed by atoms with van der Waals surface area (Å²) in [6.07, 6.45) is 7.23. The second-order valence-electron chi connectivity index (χ2n) is 7.82. The van der Waals surface area contributed by atoms with Gasteiger partial charge in [0.1, 0.15) is 0 Å². The molecule has 0 aliphatic rings. The van der Waals surface area contributed by atoms with E-state index in [1.54, 1.807) is 23.3 Å². The first-order valence-electron chi connectivity index (χ1n) is 10.0. The van der Waals surface area contributed by atoms with Gasteiger partial charge in [0.05, 0.1) is 23.0 Å². The SMILES string of the molecule is Cc1cccc2c(C(=O)N(Cc3cccnc3)C(C)C)cc(-c3cnn(C)c3)nc12. The van der Waals surface area contributed by atoms with Crippen molar-refractivity contribution in [1.29, 1.82) is 0 Å². The van der Waals surface area contributed by atoms with Crippen LogP contribution in [-0.4, -0.2) is 36.6 Å². The van der Waals surface area contributed by atoms with Crippen LogP contribution < -0.4 is 0 Å². The van der Waals surface area contributed by atoms with Crippen LogP contribution in [-0.2, 0) is 13.6 Å². The van der Waals surface area contributed by atoms with Gasteiger partial charge in [0.2, 0.25) is 0 Å². The Labute approximate surface area is 176 Å². The van der Waals surface area contributed by atoms with E-state index in [1.807, 2.05) is 75.3 Å². The molecule has 3 heterocycles. The van der Waals surface area contributed by atoms with Crippen LogP contribution >= 0.6 is 0 Å². The summed E-state index contributed by atoms with van der Waals surface area (Å²) in [7, 11) is 1.87. The Hall–Kier alpha value is -3.54. The molecule has 152 valence electrons. The fraction of sp³-hybridized carbons (Fsp3) is 0.250. The number of fused-ring (bicyclic) bond motifs is 1. The third kappa shape index (κ3) is 3.81. The Bertz CT molecular complexity index is 1200. The minimum absolute atomic E-state index is 0.0167. The van der Waals surface area contributed by atoms with Gasteiger partial charge in [-0.3, -0.25) is 14.5 Å². The van der Waals surface area contributed by atoms with E-state index in [2.05, 4.69) is 10.1 Å². The molecule has 0 saturated heterocycles. The van der Waals surface area contributed by atoms with E-state index >= 15 is 0 Å². The molecule has 0 atom stereocenters. The van der Waals surface area contributed by atoms with Crippen molar-refractivity contribution >= 4 is 16.8 Å². The first kappa shape index (κ1) is 19.8. The monoisotopic (exact) mass is 399 g/mol. The first-order valence-corrected chi connectivity index (χ1v) is 10.0. The zero-order valence-corrected chi connectivity index (χ0v) is 17.7. The highest BCUT2D eigenvalue weighted by Gasteiger charge is 2.23. The van der Waals surface area contributed by atoms with E-state index in [-0.39, 0.29) is 11.9 Å². The minimum atomic E-state index is -0.0167. The zero-order valence-electron chi connectivity index (χ0n) is 17.7. The number of pyridine rings is 2. The summed E-state index contributed by atoms with van der Waals surface area (Å²) >= 11 is 0. The fourth-order valence-corrected chi connectivity index (χ4v) is 3.60. The summed E-state index contributed by atoms with van der Waals surface area (Å²) in [6.45, 7) is 6.59. The predicted molar refractivity (Wildman–Crippen MR) is 118 cm³/mol. The van der Waals surface area contributed by atoms with Crippen molar-refractivity contribution in [3.63, 3.8) is 0 Å². The minimum Gasteiger partial charge on any atom is -0.332 e. The number of carbonyl (C=O) groups is 1. The second kappa shape index (κ2) is 8.06. The quantitative estimate of drug-likeness (QED) is 0.499. The average Bonchev–Trinajstić information content (AvgIpc) is 3.18. The lowest BCUT2D eigenvalue weighted by molar-refractivity contribution is 0.0692. The summed E-state index contributed by atoms with van der Waals surface area (Å²) < 4.78 is 1.74. The number of carbonyl (C=O) groups excluding carboxylic acids is 1. The van der Waals surface area contributed by atoms with Crippen molar-refractivity contribution in [3.8, 4) is 11.3 Å². The average molecular weight is 399 g/mol. The fourth-order valence-electron chi connectivity index (χ4n) is 3.60. The number of hydrogen-bond acceptors (Lipinski definition) is 4. The lowest BCUT2D eigenvalue weighted by Crippen LogP contribution is -2.36. The molecule has 0 fully saturated rings. The number of benzene rings is 1. The van der Waals surface area contributed by atoms with Crippen LogP contribution in [0.2, 0.25) is 0 Å². The Balaban J connectivity index is 1.85. The normalized spacial score (nSPS) is 11.2. The van der Waals surface area contributed by atoms with Crippen LogP contribution in [0.15, 0.2) is 61.2 Å². The Morgan fingerprint density at radius 3 is 2.67 bits per heavy atom. The lowest BCUT2D eigenvalue weighted by Gasteiger charge is -2.27. The summed E-state index contributed by atoms with van der Waals surface area (Å²) in [6, 6.07) is 11.8. The third-order valence-electron chi connectivity index (χ3n) is 5.23. The van der Waals surface area contributed by atoms with Gasteiger partial charge in [-0.25, -0.2) is 4.98 Å². The topological polar surface area (TPSA) is 63.9 Å². The molecule has 30 heavy (non-hydrogen) atoms. The number of para-hydroxylation sites is 1. The van der Waals surface area contributed by atoms with Crippen LogP contribution in [0.5, 0.6) is 0 Å². The number of nitrogens with zero attached hydrogens (tertiary/aromatic N) is 5. The molecule has 1 aromatic carbocycles. The second-order valence-corrected chi connectivity index (χ2v) is 7.82. The first-order chi connectivity index (χ1) is 14.4. The van der Waals surface area contributed by atoms with Crippen molar-refractivity contribution in [2.75, 3.05) is 0 Å². The number of aryl methyl sites for hydroxylation is 2. The van der Waals surface area contributed by atoms with Crippen molar-refractivity contribution in [2.24, 2.45) is 7.05 Å². The standard InChI is InChI=1S/C24H25N5O/c1-16(2)29(14-18-8-6-10-25-12-18)24(30)21-11-22(19-13-26-28(4)15-19)27-23-17(3)7-5-9-20(21)23/h5-13,15-16H,14H2,1-4H3. The summed E-state index contributed by atoms with van der Waals surface area (Å²) in [5.74, 6) is -0.0167. The summed E-state index contributed by atoms with van der Waals surface area (Å²) in [5, 5.41) is 5.13. The molecule has 4 rings (SSSR count). The largest absolute Gasteiger partial charge is 0.332 e. The van der Waals surface area contributed by atoms with Crippen LogP contribution in [0.4, 0.5) is 0 Å². The van der Waals surface area contributed by atoms with Gasteiger partial charge in [-0.2, -0.15) is 5.10 Å². The van der Waals surface area contributed by atoms with Gasteiger partial charge >= 0.3 is 0 Å². The van der Waals surface area contributed by atoms with E-state index in [9.17, 15) is 4.79 Å². The Morgan fingerprint density at radius 2 is 2.00 bits per heavy atom. The van der Waals surface area contributed by atoms with Crippen molar-refractivity contribution in [1.82, 2.24) is 24.6 Å². The number of aromatic nitrogens is 4. The molecule has 6 heteroatoms. The molecule has 6 nitrogen and oxygen atoms in total. The lowest BCUT2D eigenvalue weighted by atomic mass is 10.0. The van der Waals surface area contributed by atoms with Crippen molar-refractivity contribution in [3.05, 3.63) is 77.9 Å². The maximum Gasteiger partial charge on any atom is 0.255 e. The van der Waals surface area contributed by atoms with Gasteiger partial charge in [0, 0.05) is 49.2 Å². The highest BCUT2D eigenvalue weighted by Crippen LogP contribution is 2.28. The molecule has 3 aromatic heterocycles. The van der Waals surface area contributed by atoms with Gasteiger partial charge < -0.3 is 4.90 Å². The van der Waals surface area contributed by atoms with Crippen LogP contribution in [0.1, 0.15) is 35.3 Å². The van der Waals surface area contributed by atoms with Crippen LogP contribution in [0, 0.1) is 6.92 Å². The zero-order chi connectivity index (χ0) is 21.3. The maximum absolute atomic E-state index is 13.8. The molecular weight excluding hydrogens is 374 g/mol. The van der Waals surface area contributed by atoms with Gasteiger partial charge in [-0.1, -0.05) is 24.3 Å². The Kier molecular flexibility index (Phi) is 5.31. The van der Waals surface area contributed by atoms with Crippen molar-refractivity contribution in [2.45, 2.75) is 33.4 Å². The predicted octanol–water partition coefficient (Wildman–Crippen LogP) is 4.39. The molecule has 0 aliphatic carbocycles. The van der Waals surface area contributed by atoms with E-state index in [4.69, 9.17) is 4.98 Å². The van der Waals surface area contributed by atoms with Crippen molar-refractivity contribution < 1.29 is 4.79 Å². The number of hydrogen-bond donors (Lipinski definition) is 0. The third-order valence-corrected chi connectivity index (χ3v) is 5.23. The summed E-state index contributed by atoms with van der Waals surface area (Å²) in [4.78, 5) is 24.7. The van der Waals surface area contributed by atoms with Crippen LogP contribution in [0.25, 0.3) is 22.2 Å². The number of amides is 1. The van der Waals surface area contributed by atoms with Gasteiger partial charge in [-0.15, -0.1) is 0 Å². The maximum atomic E-state index is 13.8. The molecule has 0 saturated carbocycles. The van der Waals surface area contributed by atoms with E-state index in [1.165, 1.54) is 0 Å². The van der Waals surface area contributed by atoms with Gasteiger partial charge in [0.15, 0.2) is 0 Å². The molecule has 0 bridgehead atoms. The van der Waals surface area contributed by atoms with Gasteiger partial charge in [0.25, 0.3) is 5.91 Å². The molecule has 0 unspecified atom stereocenters. The smallest absolute Gasteiger partial charge is 0.255 e. The highest BCUT2D eigenvalue weighted by molar-refractivity contribution is 6.07. The molecular formula is C24H25N5O. The highest BCUT2D eigenvalue weighted by atomic mass is 16.2. The molecule has 1 amide bonds. The molecule has 0 aliphatic heterocycles. The van der Waals surface area contributed by atoms with Gasteiger partial charge in [-0.05, 0) is 44.0 Å². The molecule has 0 radical (unpaired) electrons. The van der Waals surface area contributed by atoms with Crippen LogP contribution in [0.3, 0.4) is 0 Å². The Morgan fingerprint density at radius 1 is 1.17 bits per heavy atom. The van der Waals surface area contributed by atoms with E-state index in [0.29, 0.717) is 12.1 Å². The molecule has 0 spiro atoms. The van der Waals surface area contributed by atoms with E-state index < -0.39 is 0 Å².